The second-order valence-electron chi connectivity index (χ2n) is 5.16. The van der Waals surface area contributed by atoms with Gasteiger partial charge in [-0.15, -0.1) is 0 Å². The molecule has 0 fully saturated rings. The smallest absolute Gasteiger partial charge is 0.0874 e. The Morgan fingerprint density at radius 3 is 2.00 bits per heavy atom. The molecule has 0 aromatic heterocycles. The van der Waals surface area contributed by atoms with Crippen molar-refractivity contribution < 1.29 is 5.11 Å². The van der Waals surface area contributed by atoms with Gasteiger partial charge in [-0.05, 0) is 30.4 Å². The molecule has 0 radical (unpaired) electrons. The molecule has 1 N–H and O–H groups in total. The zero-order chi connectivity index (χ0) is 13.0. The van der Waals surface area contributed by atoms with Crippen molar-refractivity contribution in [3.63, 3.8) is 0 Å². The number of aliphatic hydroxyl groups is 1. The molecule has 18 heavy (non-hydrogen) atoms. The van der Waals surface area contributed by atoms with E-state index in [1.54, 1.807) is 0 Å². The molecule has 0 bridgehead atoms. The molecule has 1 nitrogen and oxygen atoms in total. The predicted octanol–water partition coefficient (Wildman–Crippen LogP) is 4.09. The van der Waals surface area contributed by atoms with Gasteiger partial charge in [0.25, 0.3) is 0 Å². The summed E-state index contributed by atoms with van der Waals surface area (Å²) in [5.74, 6) is 0.335. The van der Waals surface area contributed by atoms with Gasteiger partial charge in [0.15, 0.2) is 0 Å². The third kappa shape index (κ3) is 2.99. The molecule has 0 aliphatic heterocycles. The Kier molecular flexibility index (Phi) is 3.83. The van der Waals surface area contributed by atoms with E-state index < -0.39 is 5.60 Å². The maximum atomic E-state index is 10.6. The normalized spacial score (nSPS) is 15.9. The van der Waals surface area contributed by atoms with Crippen LogP contribution in [0.5, 0.6) is 0 Å². The molecule has 0 saturated heterocycles. The Balaban J connectivity index is 2.14. The average molecular weight is 240 g/mol. The topological polar surface area (TPSA) is 20.2 Å². The van der Waals surface area contributed by atoms with Crippen LogP contribution in [0.4, 0.5) is 0 Å². The van der Waals surface area contributed by atoms with Crippen LogP contribution in [0.15, 0.2) is 60.7 Å². The fourth-order valence-electron chi connectivity index (χ4n) is 2.41. The molecule has 0 aliphatic rings. The first-order valence-electron chi connectivity index (χ1n) is 6.42. The van der Waals surface area contributed by atoms with Crippen LogP contribution in [-0.2, 0) is 5.60 Å². The standard InChI is InChI=1S/C17H20O/c1-14(15-9-5-3-6-10-15)13-17(2,18)16-11-7-4-8-12-16/h3-12,14,18H,13H2,1-2H3/t14-,17-/m0/s1. The van der Waals surface area contributed by atoms with E-state index >= 15 is 0 Å². The van der Waals surface area contributed by atoms with Gasteiger partial charge in [0.2, 0.25) is 0 Å². The first-order valence-corrected chi connectivity index (χ1v) is 6.42. The van der Waals surface area contributed by atoms with Gasteiger partial charge in [-0.1, -0.05) is 67.6 Å². The first-order chi connectivity index (χ1) is 8.59. The number of hydrogen-bond acceptors (Lipinski definition) is 1. The van der Waals surface area contributed by atoms with Gasteiger partial charge in [0.1, 0.15) is 0 Å². The summed E-state index contributed by atoms with van der Waals surface area (Å²) < 4.78 is 0. The molecule has 0 heterocycles. The van der Waals surface area contributed by atoms with Crippen molar-refractivity contribution in [3.05, 3.63) is 71.8 Å². The Hall–Kier alpha value is -1.60. The Labute approximate surface area is 109 Å². The van der Waals surface area contributed by atoms with Crippen molar-refractivity contribution in [3.8, 4) is 0 Å². The summed E-state index contributed by atoms with van der Waals surface area (Å²) in [6.45, 7) is 4.05. The van der Waals surface area contributed by atoms with Crippen LogP contribution in [0.1, 0.15) is 37.3 Å². The lowest BCUT2D eigenvalue weighted by Crippen LogP contribution is -2.23. The minimum atomic E-state index is -0.781. The minimum absolute atomic E-state index is 0.335. The molecule has 0 spiro atoms. The number of hydrogen-bond donors (Lipinski definition) is 1. The van der Waals surface area contributed by atoms with E-state index in [9.17, 15) is 5.11 Å². The van der Waals surface area contributed by atoms with Crippen molar-refractivity contribution in [2.45, 2.75) is 31.8 Å². The van der Waals surface area contributed by atoms with E-state index in [0.717, 1.165) is 12.0 Å². The highest BCUT2D eigenvalue weighted by atomic mass is 16.3. The quantitative estimate of drug-likeness (QED) is 0.853. The van der Waals surface area contributed by atoms with Crippen molar-refractivity contribution in [1.29, 1.82) is 0 Å². The number of rotatable bonds is 4. The summed E-state index contributed by atoms with van der Waals surface area (Å²) in [6, 6.07) is 20.2. The lowest BCUT2D eigenvalue weighted by atomic mass is 9.84. The van der Waals surface area contributed by atoms with Gasteiger partial charge >= 0.3 is 0 Å². The molecular formula is C17H20O. The summed E-state index contributed by atoms with van der Waals surface area (Å²) in [5.41, 5.74) is 1.47. The third-order valence-corrected chi connectivity index (χ3v) is 3.47. The SMILES string of the molecule is C[C@@H](C[C@](C)(O)c1ccccc1)c1ccccc1. The van der Waals surface area contributed by atoms with E-state index in [4.69, 9.17) is 0 Å². The van der Waals surface area contributed by atoms with Gasteiger partial charge in [-0.2, -0.15) is 0 Å². The predicted molar refractivity (Wildman–Crippen MR) is 75.5 cm³/mol. The Bertz CT molecular complexity index is 473. The first kappa shape index (κ1) is 12.8. The third-order valence-electron chi connectivity index (χ3n) is 3.47. The molecule has 2 atom stereocenters. The molecule has 2 aromatic carbocycles. The lowest BCUT2D eigenvalue weighted by Gasteiger charge is -2.27. The van der Waals surface area contributed by atoms with Crippen molar-refractivity contribution >= 4 is 0 Å². The highest BCUT2D eigenvalue weighted by Crippen LogP contribution is 2.32. The van der Waals surface area contributed by atoms with Gasteiger partial charge < -0.3 is 5.11 Å². The van der Waals surface area contributed by atoms with E-state index in [2.05, 4.69) is 19.1 Å². The van der Waals surface area contributed by atoms with Crippen molar-refractivity contribution in [2.75, 3.05) is 0 Å². The van der Waals surface area contributed by atoms with Crippen LogP contribution in [0.2, 0.25) is 0 Å². The molecule has 0 unspecified atom stereocenters. The summed E-state index contributed by atoms with van der Waals surface area (Å²) in [6.07, 6.45) is 0.723. The molecular weight excluding hydrogens is 220 g/mol. The molecule has 0 saturated carbocycles. The van der Waals surface area contributed by atoms with Crippen LogP contribution in [-0.4, -0.2) is 5.11 Å². The van der Waals surface area contributed by atoms with Crippen LogP contribution >= 0.6 is 0 Å². The molecule has 0 amide bonds. The highest BCUT2D eigenvalue weighted by Gasteiger charge is 2.25. The van der Waals surface area contributed by atoms with Crippen LogP contribution in [0.3, 0.4) is 0 Å². The fourth-order valence-corrected chi connectivity index (χ4v) is 2.41. The van der Waals surface area contributed by atoms with Crippen molar-refractivity contribution in [1.82, 2.24) is 0 Å². The van der Waals surface area contributed by atoms with Crippen LogP contribution in [0.25, 0.3) is 0 Å². The van der Waals surface area contributed by atoms with Gasteiger partial charge in [0.05, 0.1) is 5.60 Å². The second-order valence-corrected chi connectivity index (χ2v) is 5.16. The largest absolute Gasteiger partial charge is 0.385 e. The summed E-state index contributed by atoms with van der Waals surface area (Å²) in [7, 11) is 0. The molecule has 2 rings (SSSR count). The zero-order valence-corrected chi connectivity index (χ0v) is 11.0. The molecule has 1 heteroatoms. The summed E-state index contributed by atoms with van der Waals surface area (Å²) in [5, 5.41) is 10.6. The van der Waals surface area contributed by atoms with E-state index in [1.807, 2.05) is 55.5 Å². The highest BCUT2D eigenvalue weighted by molar-refractivity contribution is 5.24. The zero-order valence-electron chi connectivity index (χ0n) is 11.0. The van der Waals surface area contributed by atoms with E-state index in [1.165, 1.54) is 5.56 Å². The molecule has 0 aliphatic carbocycles. The summed E-state index contributed by atoms with van der Waals surface area (Å²) >= 11 is 0. The van der Waals surface area contributed by atoms with Gasteiger partial charge in [-0.3, -0.25) is 0 Å². The maximum Gasteiger partial charge on any atom is 0.0874 e. The van der Waals surface area contributed by atoms with Gasteiger partial charge in [-0.25, -0.2) is 0 Å². The Morgan fingerprint density at radius 1 is 0.944 bits per heavy atom. The molecule has 2 aromatic rings. The lowest BCUT2D eigenvalue weighted by molar-refractivity contribution is 0.0415. The van der Waals surface area contributed by atoms with Crippen LogP contribution in [0, 0.1) is 0 Å². The average Bonchev–Trinajstić information content (AvgIpc) is 2.40. The van der Waals surface area contributed by atoms with Crippen molar-refractivity contribution in [2.24, 2.45) is 0 Å². The Morgan fingerprint density at radius 2 is 1.44 bits per heavy atom. The van der Waals surface area contributed by atoms with E-state index in [-0.39, 0.29) is 0 Å². The monoisotopic (exact) mass is 240 g/mol. The minimum Gasteiger partial charge on any atom is -0.385 e. The fraction of sp³-hybridized carbons (Fsp3) is 0.294. The maximum absolute atomic E-state index is 10.6. The van der Waals surface area contributed by atoms with Crippen LogP contribution < -0.4 is 0 Å². The van der Waals surface area contributed by atoms with E-state index in [0.29, 0.717) is 5.92 Å². The number of benzene rings is 2. The molecule has 94 valence electrons. The second kappa shape index (κ2) is 5.36. The summed E-state index contributed by atoms with van der Waals surface area (Å²) in [4.78, 5) is 0. The van der Waals surface area contributed by atoms with Gasteiger partial charge in [0, 0.05) is 0 Å².